The van der Waals surface area contributed by atoms with Gasteiger partial charge in [-0.15, -0.1) is 0 Å². The topological polar surface area (TPSA) is 0 Å². The first-order chi connectivity index (χ1) is 39.8. The van der Waals surface area contributed by atoms with Gasteiger partial charge < -0.3 is 0 Å². The fourth-order valence-corrected chi connectivity index (χ4v) is 23.0. The quantitative estimate of drug-likeness (QED) is 0.227. The van der Waals surface area contributed by atoms with Crippen LogP contribution < -0.4 is 0 Å². The van der Waals surface area contributed by atoms with Crippen molar-refractivity contribution in [1.29, 1.82) is 0 Å². The van der Waals surface area contributed by atoms with Gasteiger partial charge in [0, 0.05) is 0 Å². The van der Waals surface area contributed by atoms with Gasteiger partial charge in [-0.1, -0.05) is 267 Å². The largest absolute Gasteiger partial charge is 0.0625 e. The Morgan fingerprint density at radius 3 is 0.707 bits per heavy atom. The highest BCUT2D eigenvalue weighted by atomic mass is 14.5. The summed E-state index contributed by atoms with van der Waals surface area (Å²) in [5, 5.41) is 0. The van der Waals surface area contributed by atoms with Gasteiger partial charge in [-0.25, -0.2) is 0 Å². The smallest absolute Gasteiger partial charge is 0.0383 e. The molecule has 22 saturated carbocycles. The molecule has 0 saturated heterocycles. The van der Waals surface area contributed by atoms with Crippen LogP contribution in [0.3, 0.4) is 0 Å². The molecule has 0 nitrogen and oxygen atoms in total. The Hall–Kier alpha value is 0. The molecule has 16 bridgehead atoms. The summed E-state index contributed by atoms with van der Waals surface area (Å²) in [6.07, 6.45) is 77.1. The first-order valence-corrected chi connectivity index (χ1v) is 39.8. The highest BCUT2D eigenvalue weighted by Gasteiger charge is 2.41. The summed E-state index contributed by atoms with van der Waals surface area (Å²) >= 11 is 0. The van der Waals surface area contributed by atoms with Crippen LogP contribution in [0.5, 0.6) is 0 Å². The summed E-state index contributed by atoms with van der Waals surface area (Å²) in [4.78, 5) is 0. The Balaban J connectivity index is 0.000000114. The minimum absolute atomic E-state index is 1.02. The standard InChI is InChI=1S/C13H24.2C12H22.C11H20.C10H18.C9H16.C8H14.C7H12/c1-11-8-9-12-4-2-6-13(10-11)7-3-5-12;1-10-8-11-4-2-5-12(9-10)7-3-6-11;1-10-5-6-11-3-2-4-12(9-10)8-7-11;1-9-2-3-10-4-6-11(8-9)7-5-10;1-8-2-3-9-4-5-10(6-8)7-9;1-7-2-3-8-5-9(4-7)6-8;1-6-2-7-4-8(3-6)5-7;1-5-2-6-3-7(5)4-6/h11-13H,2-10H2,1H3;2*10-12H,2-9H2,1H3;9-11H,2-8H2,1H3;8-10H,2-7H2,1H3;7-9H,2-6H2,1H3;6-8H,2-5H2,1H3;5-7H,2-4H2,1H3/t11-,12?,13?;;10-,11?,12?;9-,10?,11?;8-,9?,10?;7-,8?,9?;;5-,6?,7?/m1.1111.1/s1. The Kier molecular flexibility index (Phi) is 28.2. The lowest BCUT2D eigenvalue weighted by atomic mass is 9.62. The Morgan fingerprint density at radius 2 is 0.329 bits per heavy atom. The van der Waals surface area contributed by atoms with Crippen molar-refractivity contribution in [2.45, 2.75) is 376 Å². The van der Waals surface area contributed by atoms with Crippen LogP contribution in [0, 0.1) is 142 Å². The molecule has 22 aliphatic rings. The predicted molar refractivity (Wildman–Crippen MR) is 360 cm³/mol. The van der Waals surface area contributed by atoms with Gasteiger partial charge in [0.15, 0.2) is 0 Å². The second kappa shape index (κ2) is 34.8. The number of hydrogen-bond donors (Lipinski definition) is 0. The van der Waals surface area contributed by atoms with Gasteiger partial charge >= 0.3 is 0 Å². The van der Waals surface area contributed by atoms with Crippen molar-refractivity contribution in [2.75, 3.05) is 0 Å². The second-order valence-corrected chi connectivity index (χ2v) is 36.3. The third kappa shape index (κ3) is 23.1. The SMILES string of the molecule is CC1CC2CC(C1)C2.CC1CC2CCCC(CCC2)C1.C[C@@H]1CC2CC1C2.C[C@@H]1CCC2CC(C2)C1.C[C@@H]1CCC2CCC(C2)C1.C[C@@H]1CCC2CCC(CC2)C1.C[C@@H]1CCC2CCCC(CC2)C1.C[C@@H]1CCC2CCCC(CCC2)C1. The fraction of sp³-hybridized carbons (Fsp3) is 1.00. The number of hydrogen-bond acceptors (Lipinski definition) is 0. The molecule has 22 rings (SSSR count). The maximum absolute atomic E-state index is 2.47. The van der Waals surface area contributed by atoms with Gasteiger partial charge in [0.25, 0.3) is 0 Å². The lowest BCUT2D eigenvalue weighted by molar-refractivity contribution is 0.0750. The van der Waals surface area contributed by atoms with E-state index >= 15 is 0 Å². The first-order valence-electron chi connectivity index (χ1n) is 39.8. The Morgan fingerprint density at radius 1 is 0.134 bits per heavy atom. The molecule has 0 spiro atoms. The van der Waals surface area contributed by atoms with E-state index in [0.717, 1.165) is 136 Å². The maximum Gasteiger partial charge on any atom is -0.0383 e. The normalized spacial score (nSPS) is 46.5. The molecule has 82 heavy (non-hydrogen) atoms. The van der Waals surface area contributed by atoms with Crippen molar-refractivity contribution in [2.24, 2.45) is 142 Å². The van der Waals surface area contributed by atoms with Crippen molar-refractivity contribution in [3.63, 3.8) is 0 Å². The number of rotatable bonds is 0. The molecule has 0 aromatic carbocycles. The minimum Gasteiger partial charge on any atom is -0.0625 e. The summed E-state index contributed by atoms with van der Waals surface area (Å²) < 4.78 is 0. The van der Waals surface area contributed by atoms with Crippen molar-refractivity contribution in [3.8, 4) is 0 Å². The van der Waals surface area contributed by atoms with Gasteiger partial charge in [0.05, 0.1) is 0 Å². The van der Waals surface area contributed by atoms with E-state index in [1.165, 1.54) is 160 Å². The molecule has 0 heteroatoms. The Labute approximate surface area is 515 Å². The van der Waals surface area contributed by atoms with Crippen molar-refractivity contribution in [1.82, 2.24) is 0 Å². The summed E-state index contributed by atoms with van der Waals surface area (Å²) in [6.45, 7) is 19.5. The third-order valence-corrected chi connectivity index (χ3v) is 28.1. The average molecular weight is 1130 g/mol. The van der Waals surface area contributed by atoms with E-state index in [1.807, 2.05) is 0 Å². The molecule has 22 aliphatic carbocycles. The zero-order valence-corrected chi connectivity index (χ0v) is 57.2. The van der Waals surface area contributed by atoms with Crippen LogP contribution in [0.1, 0.15) is 376 Å². The van der Waals surface area contributed by atoms with Crippen molar-refractivity contribution >= 4 is 0 Å². The molecular formula is C82H148. The Bertz CT molecular complexity index is 1610. The van der Waals surface area contributed by atoms with Gasteiger partial charge in [-0.3, -0.25) is 0 Å². The predicted octanol–water partition coefficient (Wildman–Crippen LogP) is 26.6. The van der Waals surface area contributed by atoms with Gasteiger partial charge in [-0.05, 0) is 251 Å². The van der Waals surface area contributed by atoms with Gasteiger partial charge in [0.1, 0.15) is 0 Å². The molecule has 0 aromatic heterocycles. The van der Waals surface area contributed by atoms with Gasteiger partial charge in [0.2, 0.25) is 0 Å². The van der Waals surface area contributed by atoms with E-state index in [0.29, 0.717) is 0 Å². The molecule has 0 amide bonds. The van der Waals surface area contributed by atoms with E-state index in [1.54, 1.807) is 167 Å². The maximum atomic E-state index is 2.47. The highest BCUT2D eigenvalue weighted by Crippen LogP contribution is 2.52. The van der Waals surface area contributed by atoms with Gasteiger partial charge in [-0.2, -0.15) is 0 Å². The summed E-state index contributed by atoms with van der Waals surface area (Å²) in [6, 6.07) is 0. The fourth-order valence-electron chi connectivity index (χ4n) is 23.0. The molecular weight excluding hydrogens is 985 g/mol. The van der Waals surface area contributed by atoms with Crippen LogP contribution in [-0.2, 0) is 0 Å². The van der Waals surface area contributed by atoms with E-state index in [-0.39, 0.29) is 0 Å². The minimum atomic E-state index is 1.02. The van der Waals surface area contributed by atoms with Crippen LogP contribution in [-0.4, -0.2) is 0 Å². The molecule has 0 heterocycles. The lowest BCUT2D eigenvalue weighted by Gasteiger charge is -2.44. The third-order valence-electron chi connectivity index (χ3n) is 28.1. The zero-order valence-electron chi connectivity index (χ0n) is 57.2. The van der Waals surface area contributed by atoms with Crippen LogP contribution in [0.25, 0.3) is 0 Å². The monoisotopic (exact) mass is 1130 g/mol. The van der Waals surface area contributed by atoms with E-state index in [2.05, 4.69) is 55.4 Å². The summed E-state index contributed by atoms with van der Waals surface area (Å²) in [7, 11) is 0. The zero-order chi connectivity index (χ0) is 57.2. The lowest BCUT2D eigenvalue weighted by Crippen LogP contribution is -2.32. The highest BCUT2D eigenvalue weighted by molar-refractivity contribution is 4.92. The molecule has 4 unspecified atom stereocenters. The number of fused-ring (bicyclic) bond motifs is 29. The van der Waals surface area contributed by atoms with Crippen LogP contribution >= 0.6 is 0 Å². The van der Waals surface area contributed by atoms with E-state index in [9.17, 15) is 0 Å². The molecule has 0 aliphatic heterocycles. The van der Waals surface area contributed by atoms with E-state index in [4.69, 9.17) is 0 Å². The second-order valence-electron chi connectivity index (χ2n) is 36.3. The van der Waals surface area contributed by atoms with Crippen molar-refractivity contribution < 1.29 is 0 Å². The summed E-state index contributed by atoms with van der Waals surface area (Å²) in [5.41, 5.74) is 0. The van der Waals surface area contributed by atoms with Crippen LogP contribution in [0.4, 0.5) is 0 Å². The molecule has 10 atom stereocenters. The van der Waals surface area contributed by atoms with Crippen LogP contribution in [0.2, 0.25) is 0 Å². The molecule has 0 N–H and O–H groups in total. The van der Waals surface area contributed by atoms with Crippen molar-refractivity contribution in [3.05, 3.63) is 0 Å². The molecule has 476 valence electrons. The average Bonchev–Trinajstić information content (AvgIpc) is 4.17. The molecule has 0 aromatic rings. The van der Waals surface area contributed by atoms with Crippen LogP contribution in [0.15, 0.2) is 0 Å². The molecule has 0 radical (unpaired) electrons. The molecule has 22 fully saturated rings. The first kappa shape index (κ1) is 66.4. The summed E-state index contributed by atoms with van der Waals surface area (Å²) in [5.74, 6) is 26.4. The van der Waals surface area contributed by atoms with E-state index < -0.39 is 0 Å².